The largest absolute Gasteiger partial charge is 0.469 e. The van der Waals surface area contributed by atoms with Crippen LogP contribution in [-0.4, -0.2) is 24.6 Å². The number of methoxy groups -OCH3 is 1. The van der Waals surface area contributed by atoms with Gasteiger partial charge in [0.2, 0.25) is 0 Å². The average Bonchev–Trinajstić information content (AvgIpc) is 2.19. The van der Waals surface area contributed by atoms with E-state index < -0.39 is 5.60 Å². The second kappa shape index (κ2) is 5.93. The van der Waals surface area contributed by atoms with Crippen LogP contribution in [0.25, 0.3) is 0 Å². The van der Waals surface area contributed by atoms with Crippen molar-refractivity contribution in [2.45, 2.75) is 65.4 Å². The molecule has 0 heterocycles. The summed E-state index contributed by atoms with van der Waals surface area (Å²) in [5.74, 6) is -0.191. The molecule has 1 fully saturated rings. The van der Waals surface area contributed by atoms with E-state index in [0.29, 0.717) is 12.8 Å². The first-order chi connectivity index (χ1) is 8.68. The molecule has 0 aromatic heterocycles. The van der Waals surface area contributed by atoms with Crippen molar-refractivity contribution in [1.29, 1.82) is 0 Å². The van der Waals surface area contributed by atoms with Crippen LogP contribution >= 0.6 is 0 Å². The maximum atomic E-state index is 11.8. The van der Waals surface area contributed by atoms with Crippen molar-refractivity contribution in [3.63, 3.8) is 0 Å². The summed E-state index contributed by atoms with van der Waals surface area (Å²) >= 11 is 0. The minimum absolute atomic E-state index is 0.130. The lowest BCUT2D eigenvalue weighted by atomic mass is 9.64. The number of hydrogen-bond donors (Lipinski definition) is 0. The fraction of sp³-hybridized carbons (Fsp3) is 0.867. The molecule has 1 aliphatic carbocycles. The lowest BCUT2D eigenvalue weighted by molar-refractivity contribution is -0.162. The van der Waals surface area contributed by atoms with Crippen molar-refractivity contribution in [3.05, 3.63) is 0 Å². The van der Waals surface area contributed by atoms with Gasteiger partial charge in [0.1, 0.15) is 5.60 Å². The molecule has 0 aromatic carbocycles. The molecule has 0 aliphatic heterocycles. The first kappa shape index (κ1) is 16.0. The molecule has 1 rings (SSSR count). The molecule has 110 valence electrons. The standard InChI is InChI=1S/C15H26O4/c1-11(9-12(16)19-14(2,3)4)10-15(7-6-8-15)13(17)18-5/h11H,6-10H2,1-5H3. The number of ether oxygens (including phenoxy) is 2. The molecule has 0 radical (unpaired) electrons. The lowest BCUT2D eigenvalue weighted by Crippen LogP contribution is -2.40. The zero-order valence-electron chi connectivity index (χ0n) is 12.7. The van der Waals surface area contributed by atoms with Gasteiger partial charge in [0, 0.05) is 6.42 Å². The van der Waals surface area contributed by atoms with Crippen molar-refractivity contribution in [1.82, 2.24) is 0 Å². The monoisotopic (exact) mass is 270 g/mol. The van der Waals surface area contributed by atoms with Crippen LogP contribution in [0.5, 0.6) is 0 Å². The van der Waals surface area contributed by atoms with E-state index >= 15 is 0 Å². The Labute approximate surface area is 115 Å². The van der Waals surface area contributed by atoms with Crippen molar-refractivity contribution in [3.8, 4) is 0 Å². The molecule has 0 saturated heterocycles. The molecular formula is C15H26O4. The molecule has 19 heavy (non-hydrogen) atoms. The highest BCUT2D eigenvalue weighted by Crippen LogP contribution is 2.47. The molecule has 0 aromatic rings. The molecule has 4 nitrogen and oxygen atoms in total. The third-order valence-corrected chi connectivity index (χ3v) is 3.60. The van der Waals surface area contributed by atoms with Gasteiger partial charge in [0.05, 0.1) is 12.5 Å². The van der Waals surface area contributed by atoms with Crippen LogP contribution < -0.4 is 0 Å². The molecule has 1 saturated carbocycles. The van der Waals surface area contributed by atoms with Gasteiger partial charge in [0.15, 0.2) is 0 Å². The maximum absolute atomic E-state index is 11.8. The number of rotatable bonds is 5. The van der Waals surface area contributed by atoms with Crippen LogP contribution in [-0.2, 0) is 19.1 Å². The number of esters is 2. The Kier molecular flexibility index (Phi) is 4.99. The highest BCUT2D eigenvalue weighted by Gasteiger charge is 2.46. The Hall–Kier alpha value is -1.06. The van der Waals surface area contributed by atoms with Gasteiger partial charge in [-0.3, -0.25) is 9.59 Å². The van der Waals surface area contributed by atoms with E-state index in [2.05, 4.69) is 0 Å². The van der Waals surface area contributed by atoms with Gasteiger partial charge in [-0.15, -0.1) is 0 Å². The van der Waals surface area contributed by atoms with Gasteiger partial charge in [-0.25, -0.2) is 0 Å². The van der Waals surface area contributed by atoms with Crippen LogP contribution in [0.4, 0.5) is 0 Å². The van der Waals surface area contributed by atoms with Gasteiger partial charge in [-0.2, -0.15) is 0 Å². The van der Waals surface area contributed by atoms with E-state index in [1.807, 2.05) is 27.7 Å². The quantitative estimate of drug-likeness (QED) is 0.720. The summed E-state index contributed by atoms with van der Waals surface area (Å²) in [7, 11) is 1.43. The predicted molar refractivity (Wildman–Crippen MR) is 72.5 cm³/mol. The Morgan fingerprint density at radius 3 is 2.21 bits per heavy atom. The van der Waals surface area contributed by atoms with Crippen LogP contribution in [0.15, 0.2) is 0 Å². The second-order valence-electron chi connectivity index (χ2n) is 6.73. The molecule has 1 unspecified atom stereocenters. The number of carbonyl (C=O) groups is 2. The summed E-state index contributed by atoms with van der Waals surface area (Å²) < 4.78 is 10.2. The van der Waals surface area contributed by atoms with Crippen LogP contribution in [0, 0.1) is 11.3 Å². The zero-order valence-corrected chi connectivity index (χ0v) is 12.7. The van der Waals surface area contributed by atoms with Gasteiger partial charge in [0.25, 0.3) is 0 Å². The van der Waals surface area contributed by atoms with Crippen molar-refractivity contribution >= 4 is 11.9 Å². The summed E-state index contributed by atoms with van der Waals surface area (Å²) in [5, 5.41) is 0. The topological polar surface area (TPSA) is 52.6 Å². The molecular weight excluding hydrogens is 244 g/mol. The number of hydrogen-bond acceptors (Lipinski definition) is 4. The maximum Gasteiger partial charge on any atom is 0.311 e. The molecule has 1 aliphatic rings. The smallest absolute Gasteiger partial charge is 0.311 e. The van der Waals surface area contributed by atoms with E-state index in [0.717, 1.165) is 19.3 Å². The highest BCUT2D eigenvalue weighted by molar-refractivity contribution is 5.78. The summed E-state index contributed by atoms with van der Waals surface area (Å²) in [5.41, 5.74) is -0.802. The van der Waals surface area contributed by atoms with Gasteiger partial charge in [-0.1, -0.05) is 13.3 Å². The summed E-state index contributed by atoms with van der Waals surface area (Å²) in [6.45, 7) is 7.57. The van der Waals surface area contributed by atoms with Crippen molar-refractivity contribution in [2.24, 2.45) is 11.3 Å². The summed E-state index contributed by atoms with van der Waals surface area (Å²) in [6.07, 6.45) is 3.87. The second-order valence-corrected chi connectivity index (χ2v) is 6.73. The fourth-order valence-electron chi connectivity index (χ4n) is 2.72. The van der Waals surface area contributed by atoms with E-state index in [-0.39, 0.29) is 23.3 Å². The van der Waals surface area contributed by atoms with Crippen molar-refractivity contribution in [2.75, 3.05) is 7.11 Å². The average molecular weight is 270 g/mol. The van der Waals surface area contributed by atoms with Crippen molar-refractivity contribution < 1.29 is 19.1 Å². The predicted octanol–water partition coefficient (Wildman–Crippen LogP) is 3.09. The van der Waals surface area contributed by atoms with E-state index in [1.54, 1.807) is 0 Å². The minimum atomic E-state index is -0.451. The molecule has 1 atom stereocenters. The molecule has 0 bridgehead atoms. The summed E-state index contributed by atoms with van der Waals surface area (Å²) in [6, 6.07) is 0. The Morgan fingerprint density at radius 1 is 1.26 bits per heavy atom. The van der Waals surface area contributed by atoms with Gasteiger partial charge in [-0.05, 0) is 46.0 Å². The van der Waals surface area contributed by atoms with Gasteiger partial charge >= 0.3 is 11.9 Å². The summed E-state index contributed by atoms with van der Waals surface area (Å²) in [4.78, 5) is 23.6. The Morgan fingerprint density at radius 2 is 1.84 bits per heavy atom. The first-order valence-electron chi connectivity index (χ1n) is 6.99. The lowest BCUT2D eigenvalue weighted by Gasteiger charge is -2.40. The zero-order chi connectivity index (χ0) is 14.7. The number of carbonyl (C=O) groups excluding carboxylic acids is 2. The normalized spacial score (nSPS) is 19.2. The Balaban J connectivity index is 2.48. The van der Waals surface area contributed by atoms with E-state index in [4.69, 9.17) is 9.47 Å². The Bertz CT molecular complexity index is 337. The SMILES string of the molecule is COC(=O)C1(CC(C)CC(=O)OC(C)(C)C)CCC1. The van der Waals surface area contributed by atoms with E-state index in [9.17, 15) is 9.59 Å². The first-order valence-corrected chi connectivity index (χ1v) is 6.99. The fourth-order valence-corrected chi connectivity index (χ4v) is 2.72. The molecule has 0 N–H and O–H groups in total. The molecule has 0 spiro atoms. The minimum Gasteiger partial charge on any atom is -0.469 e. The molecule has 0 amide bonds. The molecule has 4 heteroatoms. The van der Waals surface area contributed by atoms with Crippen LogP contribution in [0.3, 0.4) is 0 Å². The third-order valence-electron chi connectivity index (χ3n) is 3.60. The highest BCUT2D eigenvalue weighted by atomic mass is 16.6. The van der Waals surface area contributed by atoms with Gasteiger partial charge < -0.3 is 9.47 Å². The van der Waals surface area contributed by atoms with E-state index in [1.165, 1.54) is 7.11 Å². The third kappa shape index (κ3) is 4.51. The van der Waals surface area contributed by atoms with Crippen LogP contribution in [0.1, 0.15) is 59.8 Å². The van der Waals surface area contributed by atoms with Crippen LogP contribution in [0.2, 0.25) is 0 Å².